The lowest BCUT2D eigenvalue weighted by Gasteiger charge is -2.12. The highest BCUT2D eigenvalue weighted by Crippen LogP contribution is 2.33. The van der Waals surface area contributed by atoms with Crippen molar-refractivity contribution >= 4 is 22.6 Å². The predicted molar refractivity (Wildman–Crippen MR) is 87.0 cm³/mol. The van der Waals surface area contributed by atoms with E-state index in [0.717, 1.165) is 22.1 Å². The molecule has 3 heteroatoms. The molecule has 2 nitrogen and oxygen atoms in total. The molecule has 0 spiro atoms. The van der Waals surface area contributed by atoms with Crippen LogP contribution in [-0.4, -0.2) is 0 Å². The van der Waals surface area contributed by atoms with E-state index in [4.69, 9.17) is 16.0 Å². The van der Waals surface area contributed by atoms with Gasteiger partial charge in [0.15, 0.2) is 0 Å². The predicted octanol–water partition coefficient (Wildman–Crippen LogP) is 4.98. The number of rotatable bonds is 2. The molecule has 21 heavy (non-hydrogen) atoms. The first kappa shape index (κ1) is 13.9. The summed E-state index contributed by atoms with van der Waals surface area (Å²) >= 11 is 6.15. The minimum atomic E-state index is -0.288. The van der Waals surface area contributed by atoms with Gasteiger partial charge in [0.2, 0.25) is 0 Å². The number of hydrogen-bond donors (Lipinski definition) is 0. The second-order valence-corrected chi connectivity index (χ2v) is 5.47. The van der Waals surface area contributed by atoms with Crippen LogP contribution in [0.3, 0.4) is 0 Å². The van der Waals surface area contributed by atoms with Gasteiger partial charge in [-0.25, -0.2) is 4.79 Å². The fraction of sp³-hybridized carbons (Fsp3) is 0.167. The lowest BCUT2D eigenvalue weighted by molar-refractivity contribution is 0.552. The standard InChI is InChI=1S/C18H15ClO2/c1-3-13-17(12-7-5-4-6-8-12)14-9-11(2)15(19)10-16(14)21-18(13)20/h4-10H,3H2,1-2H3. The van der Waals surface area contributed by atoms with Gasteiger partial charge in [-0.1, -0.05) is 48.9 Å². The van der Waals surface area contributed by atoms with Crippen molar-refractivity contribution in [3.63, 3.8) is 0 Å². The number of fused-ring (bicyclic) bond motifs is 1. The molecule has 0 bridgehead atoms. The monoisotopic (exact) mass is 298 g/mol. The highest BCUT2D eigenvalue weighted by molar-refractivity contribution is 6.32. The Morgan fingerprint density at radius 2 is 1.86 bits per heavy atom. The van der Waals surface area contributed by atoms with Crippen molar-refractivity contribution in [1.29, 1.82) is 0 Å². The number of hydrogen-bond acceptors (Lipinski definition) is 2. The molecule has 3 aromatic rings. The Morgan fingerprint density at radius 1 is 1.14 bits per heavy atom. The Balaban J connectivity index is 2.49. The van der Waals surface area contributed by atoms with E-state index >= 15 is 0 Å². The van der Waals surface area contributed by atoms with Crippen LogP contribution in [0.25, 0.3) is 22.1 Å². The van der Waals surface area contributed by atoms with Gasteiger partial charge in [-0.3, -0.25) is 0 Å². The van der Waals surface area contributed by atoms with E-state index in [1.807, 2.05) is 50.2 Å². The van der Waals surface area contributed by atoms with E-state index in [9.17, 15) is 4.79 Å². The molecule has 0 aliphatic heterocycles. The summed E-state index contributed by atoms with van der Waals surface area (Å²) in [5.41, 5.74) is 3.89. The number of halogens is 1. The molecular weight excluding hydrogens is 284 g/mol. The van der Waals surface area contributed by atoms with Crippen LogP contribution in [0.4, 0.5) is 0 Å². The van der Waals surface area contributed by atoms with Crippen molar-refractivity contribution in [3.8, 4) is 11.1 Å². The van der Waals surface area contributed by atoms with Crippen LogP contribution in [0.2, 0.25) is 5.02 Å². The Bertz CT molecular complexity index is 864. The second-order valence-electron chi connectivity index (χ2n) is 5.06. The minimum Gasteiger partial charge on any atom is -0.422 e. The molecule has 0 aliphatic rings. The highest BCUT2D eigenvalue weighted by Gasteiger charge is 2.15. The summed E-state index contributed by atoms with van der Waals surface area (Å²) in [5, 5.41) is 1.54. The summed E-state index contributed by atoms with van der Waals surface area (Å²) in [4.78, 5) is 12.2. The number of aryl methyl sites for hydroxylation is 1. The molecule has 106 valence electrons. The molecule has 0 saturated heterocycles. The quantitative estimate of drug-likeness (QED) is 0.624. The molecule has 0 N–H and O–H groups in total. The normalized spacial score (nSPS) is 11.0. The maximum atomic E-state index is 12.2. The van der Waals surface area contributed by atoms with E-state index in [2.05, 4.69) is 0 Å². The Kier molecular flexibility index (Phi) is 3.56. The van der Waals surface area contributed by atoms with Gasteiger partial charge in [-0.05, 0) is 30.5 Å². The van der Waals surface area contributed by atoms with Gasteiger partial charge in [0.25, 0.3) is 0 Å². The molecule has 0 fully saturated rings. The van der Waals surface area contributed by atoms with Gasteiger partial charge >= 0.3 is 5.63 Å². The van der Waals surface area contributed by atoms with Gasteiger partial charge in [-0.2, -0.15) is 0 Å². The topological polar surface area (TPSA) is 30.2 Å². The van der Waals surface area contributed by atoms with Crippen LogP contribution in [0.15, 0.2) is 51.7 Å². The maximum absolute atomic E-state index is 12.2. The lowest BCUT2D eigenvalue weighted by Crippen LogP contribution is -2.09. The zero-order valence-corrected chi connectivity index (χ0v) is 12.7. The summed E-state index contributed by atoms with van der Waals surface area (Å²) < 4.78 is 5.44. The molecule has 0 saturated carbocycles. The Hall–Kier alpha value is -2.06. The molecule has 2 aromatic carbocycles. The second kappa shape index (κ2) is 5.38. The zero-order valence-electron chi connectivity index (χ0n) is 11.9. The first-order chi connectivity index (χ1) is 10.1. The van der Waals surface area contributed by atoms with E-state index in [1.165, 1.54) is 0 Å². The van der Waals surface area contributed by atoms with Crippen molar-refractivity contribution in [1.82, 2.24) is 0 Å². The first-order valence-corrected chi connectivity index (χ1v) is 7.31. The van der Waals surface area contributed by atoms with E-state index in [0.29, 0.717) is 22.6 Å². The van der Waals surface area contributed by atoms with Crippen LogP contribution in [0.5, 0.6) is 0 Å². The summed E-state index contributed by atoms with van der Waals surface area (Å²) in [6, 6.07) is 13.6. The Morgan fingerprint density at radius 3 is 2.52 bits per heavy atom. The molecule has 3 rings (SSSR count). The van der Waals surface area contributed by atoms with Crippen LogP contribution in [0.1, 0.15) is 18.1 Å². The molecule has 0 amide bonds. The molecule has 0 atom stereocenters. The van der Waals surface area contributed by atoms with E-state index in [-0.39, 0.29) is 5.63 Å². The largest absolute Gasteiger partial charge is 0.422 e. The third-order valence-electron chi connectivity index (χ3n) is 3.70. The molecule has 1 heterocycles. The fourth-order valence-electron chi connectivity index (χ4n) is 2.62. The minimum absolute atomic E-state index is 0.288. The summed E-state index contributed by atoms with van der Waals surface area (Å²) in [7, 11) is 0. The summed E-state index contributed by atoms with van der Waals surface area (Å²) in [6.45, 7) is 3.92. The van der Waals surface area contributed by atoms with Crippen molar-refractivity contribution in [2.24, 2.45) is 0 Å². The molecule has 1 aromatic heterocycles. The van der Waals surface area contributed by atoms with Crippen LogP contribution in [-0.2, 0) is 6.42 Å². The first-order valence-electron chi connectivity index (χ1n) is 6.93. The van der Waals surface area contributed by atoms with Crippen molar-refractivity contribution in [2.75, 3.05) is 0 Å². The van der Waals surface area contributed by atoms with Gasteiger partial charge < -0.3 is 4.42 Å². The third-order valence-corrected chi connectivity index (χ3v) is 4.10. The van der Waals surface area contributed by atoms with E-state index in [1.54, 1.807) is 6.07 Å². The molecule has 0 radical (unpaired) electrons. The maximum Gasteiger partial charge on any atom is 0.340 e. The van der Waals surface area contributed by atoms with Crippen molar-refractivity contribution < 1.29 is 4.42 Å². The lowest BCUT2D eigenvalue weighted by atomic mass is 9.95. The Labute approximate surface area is 128 Å². The third kappa shape index (κ3) is 2.36. The average molecular weight is 299 g/mol. The van der Waals surface area contributed by atoms with Gasteiger partial charge in [0, 0.05) is 27.6 Å². The molecule has 0 unspecified atom stereocenters. The number of benzene rings is 2. The molecule has 0 aliphatic carbocycles. The van der Waals surface area contributed by atoms with Gasteiger partial charge in [0.05, 0.1) is 0 Å². The van der Waals surface area contributed by atoms with Crippen LogP contribution >= 0.6 is 11.6 Å². The van der Waals surface area contributed by atoms with Crippen molar-refractivity contribution in [3.05, 3.63) is 69.0 Å². The van der Waals surface area contributed by atoms with Crippen molar-refractivity contribution in [2.45, 2.75) is 20.3 Å². The highest BCUT2D eigenvalue weighted by atomic mass is 35.5. The van der Waals surface area contributed by atoms with Crippen LogP contribution in [0, 0.1) is 6.92 Å². The summed E-state index contributed by atoms with van der Waals surface area (Å²) in [5.74, 6) is 0. The van der Waals surface area contributed by atoms with Gasteiger partial charge in [0.1, 0.15) is 5.58 Å². The fourth-order valence-corrected chi connectivity index (χ4v) is 2.78. The van der Waals surface area contributed by atoms with Gasteiger partial charge in [-0.15, -0.1) is 0 Å². The SMILES string of the molecule is CCc1c(-c2ccccc2)c2cc(C)c(Cl)cc2oc1=O. The summed E-state index contributed by atoms with van der Waals surface area (Å²) in [6.07, 6.45) is 0.629. The zero-order chi connectivity index (χ0) is 15.0. The smallest absolute Gasteiger partial charge is 0.340 e. The van der Waals surface area contributed by atoms with Crippen LogP contribution < -0.4 is 5.63 Å². The average Bonchev–Trinajstić information content (AvgIpc) is 2.49. The molecular formula is C18H15ClO2. The van der Waals surface area contributed by atoms with E-state index < -0.39 is 0 Å².